The number of imidazole rings is 1. The van der Waals surface area contributed by atoms with E-state index in [1.807, 2.05) is 31.5 Å². The Morgan fingerprint density at radius 3 is 2.67 bits per heavy atom. The van der Waals surface area contributed by atoms with Gasteiger partial charge in [0.1, 0.15) is 6.04 Å². The average Bonchev–Trinajstić information content (AvgIpc) is 3.18. The van der Waals surface area contributed by atoms with Crippen LogP contribution in [0.4, 0.5) is 0 Å². The van der Waals surface area contributed by atoms with E-state index < -0.39 is 6.04 Å². The summed E-state index contributed by atoms with van der Waals surface area (Å²) in [5.74, 6) is -0.0309. The molecule has 0 aliphatic carbocycles. The van der Waals surface area contributed by atoms with Crippen LogP contribution in [-0.4, -0.2) is 36.9 Å². The molecule has 0 radical (unpaired) electrons. The van der Waals surface area contributed by atoms with Gasteiger partial charge >= 0.3 is 0 Å². The first-order valence-electron chi connectivity index (χ1n) is 10.4. The van der Waals surface area contributed by atoms with Gasteiger partial charge in [0.25, 0.3) is 0 Å². The Hall–Kier alpha value is -3.06. The fourth-order valence-corrected chi connectivity index (χ4v) is 3.93. The van der Waals surface area contributed by atoms with Crippen molar-refractivity contribution >= 4 is 5.91 Å². The molecule has 0 fully saturated rings. The molecule has 0 bridgehead atoms. The first-order valence-corrected chi connectivity index (χ1v) is 10.4. The molecular formula is C23H28N6O. The third kappa shape index (κ3) is 4.26. The maximum Gasteiger partial charge on any atom is 0.243 e. The molecule has 4 rings (SSSR count). The lowest BCUT2D eigenvalue weighted by Crippen LogP contribution is -2.45. The SMILES string of the molecule is Cc1cnc(CNC(=O)C2c3c(ncn3C(C)C)CCN2Cc2ccccc2)cn1. The number of amides is 1. The summed E-state index contributed by atoms with van der Waals surface area (Å²) in [4.78, 5) is 28.9. The molecule has 3 heterocycles. The number of nitrogens with zero attached hydrogens (tertiary/aromatic N) is 5. The predicted octanol–water partition coefficient (Wildman–Crippen LogP) is 2.98. The first-order chi connectivity index (χ1) is 14.5. The van der Waals surface area contributed by atoms with E-state index in [0.29, 0.717) is 13.1 Å². The minimum atomic E-state index is -0.391. The lowest BCUT2D eigenvalue weighted by molar-refractivity contribution is -0.127. The van der Waals surface area contributed by atoms with Crippen LogP contribution < -0.4 is 5.32 Å². The van der Waals surface area contributed by atoms with Crippen molar-refractivity contribution in [2.75, 3.05) is 6.54 Å². The van der Waals surface area contributed by atoms with Gasteiger partial charge in [-0.25, -0.2) is 4.98 Å². The minimum absolute atomic E-state index is 0.0309. The van der Waals surface area contributed by atoms with Crippen LogP contribution >= 0.6 is 0 Å². The maximum atomic E-state index is 13.4. The van der Waals surface area contributed by atoms with Crippen LogP contribution in [-0.2, 0) is 24.3 Å². The second-order valence-corrected chi connectivity index (χ2v) is 8.05. The van der Waals surface area contributed by atoms with E-state index in [0.717, 1.165) is 35.7 Å². The van der Waals surface area contributed by atoms with Crippen LogP contribution in [0.2, 0.25) is 0 Å². The molecule has 1 atom stereocenters. The Kier molecular flexibility index (Phi) is 5.90. The van der Waals surface area contributed by atoms with Gasteiger partial charge in [-0.05, 0) is 26.3 Å². The van der Waals surface area contributed by atoms with Gasteiger partial charge in [-0.1, -0.05) is 30.3 Å². The van der Waals surface area contributed by atoms with Crippen molar-refractivity contribution in [2.24, 2.45) is 0 Å². The van der Waals surface area contributed by atoms with E-state index in [4.69, 9.17) is 0 Å². The van der Waals surface area contributed by atoms with E-state index in [1.54, 1.807) is 12.4 Å². The number of fused-ring (bicyclic) bond motifs is 1. The molecular weight excluding hydrogens is 376 g/mol. The van der Waals surface area contributed by atoms with Gasteiger partial charge in [0, 0.05) is 31.7 Å². The third-order valence-corrected chi connectivity index (χ3v) is 5.48. The lowest BCUT2D eigenvalue weighted by Gasteiger charge is -2.36. The molecule has 0 spiro atoms. The number of nitrogens with one attached hydrogen (secondary N) is 1. The van der Waals surface area contributed by atoms with Crippen LogP contribution in [0.5, 0.6) is 0 Å². The van der Waals surface area contributed by atoms with E-state index in [1.165, 1.54) is 5.56 Å². The molecule has 1 aliphatic rings. The number of benzene rings is 1. The molecule has 7 heteroatoms. The Bertz CT molecular complexity index is 996. The summed E-state index contributed by atoms with van der Waals surface area (Å²) >= 11 is 0. The van der Waals surface area contributed by atoms with Gasteiger partial charge in [0.2, 0.25) is 5.91 Å². The molecule has 30 heavy (non-hydrogen) atoms. The molecule has 1 N–H and O–H groups in total. The number of hydrogen-bond donors (Lipinski definition) is 1. The summed E-state index contributed by atoms with van der Waals surface area (Å²) in [7, 11) is 0. The zero-order valence-electron chi connectivity index (χ0n) is 17.7. The Balaban J connectivity index is 1.61. The highest BCUT2D eigenvalue weighted by molar-refractivity contribution is 5.83. The first kappa shape index (κ1) is 20.2. The van der Waals surface area contributed by atoms with Crippen LogP contribution in [0.3, 0.4) is 0 Å². The second-order valence-electron chi connectivity index (χ2n) is 8.05. The predicted molar refractivity (Wildman–Crippen MR) is 115 cm³/mol. The van der Waals surface area contributed by atoms with Crippen molar-refractivity contribution in [3.8, 4) is 0 Å². The Labute approximate surface area is 177 Å². The second kappa shape index (κ2) is 8.75. The number of carbonyl (C=O) groups excluding carboxylic acids is 1. The summed E-state index contributed by atoms with van der Waals surface area (Å²) in [5.41, 5.74) is 4.82. The smallest absolute Gasteiger partial charge is 0.243 e. The van der Waals surface area contributed by atoms with E-state index >= 15 is 0 Å². The van der Waals surface area contributed by atoms with Gasteiger partial charge in [-0.3, -0.25) is 19.7 Å². The molecule has 3 aromatic rings. The summed E-state index contributed by atoms with van der Waals surface area (Å²) in [6.45, 7) is 8.00. The van der Waals surface area contributed by atoms with Crippen LogP contribution in [0.15, 0.2) is 49.1 Å². The van der Waals surface area contributed by atoms with Crippen LogP contribution in [0, 0.1) is 6.92 Å². The highest BCUT2D eigenvalue weighted by Gasteiger charge is 2.36. The Morgan fingerprint density at radius 2 is 1.97 bits per heavy atom. The monoisotopic (exact) mass is 404 g/mol. The fraction of sp³-hybridized carbons (Fsp3) is 0.391. The average molecular weight is 405 g/mol. The summed E-state index contributed by atoms with van der Waals surface area (Å²) in [6.07, 6.45) is 6.14. The largest absolute Gasteiger partial charge is 0.349 e. The Morgan fingerprint density at radius 1 is 1.17 bits per heavy atom. The quantitative estimate of drug-likeness (QED) is 0.684. The lowest BCUT2D eigenvalue weighted by atomic mass is 10.00. The van der Waals surface area contributed by atoms with E-state index in [9.17, 15) is 4.79 Å². The van der Waals surface area contributed by atoms with Gasteiger partial charge in [0.05, 0.1) is 41.8 Å². The number of rotatable bonds is 6. The molecule has 7 nitrogen and oxygen atoms in total. The number of aromatic nitrogens is 4. The molecule has 1 aromatic carbocycles. The maximum absolute atomic E-state index is 13.4. The van der Waals surface area contributed by atoms with Gasteiger partial charge in [0.15, 0.2) is 0 Å². The number of hydrogen-bond acceptors (Lipinski definition) is 5. The topological polar surface area (TPSA) is 75.9 Å². The minimum Gasteiger partial charge on any atom is -0.349 e. The van der Waals surface area contributed by atoms with E-state index in [-0.39, 0.29) is 11.9 Å². The van der Waals surface area contributed by atoms with Crippen molar-refractivity contribution in [1.82, 2.24) is 29.7 Å². The highest BCUT2D eigenvalue weighted by Crippen LogP contribution is 2.32. The molecule has 1 unspecified atom stereocenters. The third-order valence-electron chi connectivity index (χ3n) is 5.48. The normalized spacial score (nSPS) is 16.5. The van der Waals surface area contributed by atoms with E-state index in [2.05, 4.69) is 55.7 Å². The highest BCUT2D eigenvalue weighted by atomic mass is 16.2. The summed E-state index contributed by atoms with van der Waals surface area (Å²) in [6, 6.07) is 10.1. The zero-order valence-corrected chi connectivity index (χ0v) is 17.7. The van der Waals surface area contributed by atoms with Crippen LogP contribution in [0.1, 0.15) is 54.3 Å². The van der Waals surface area contributed by atoms with Crippen molar-refractivity contribution in [3.05, 3.63) is 77.4 Å². The molecule has 0 saturated heterocycles. The number of carbonyl (C=O) groups is 1. The van der Waals surface area contributed by atoms with Crippen molar-refractivity contribution in [2.45, 2.75) is 52.4 Å². The molecule has 1 aliphatic heterocycles. The van der Waals surface area contributed by atoms with Crippen molar-refractivity contribution in [3.63, 3.8) is 0 Å². The fourth-order valence-electron chi connectivity index (χ4n) is 3.93. The standard InChI is InChI=1S/C23H28N6O/c1-16(2)29-15-27-20-9-10-28(14-18-7-5-4-6-8-18)22(21(20)29)23(30)26-13-19-12-24-17(3)11-25-19/h4-8,11-12,15-16,22H,9-10,13-14H2,1-3H3,(H,26,30). The molecule has 1 amide bonds. The number of aryl methyl sites for hydroxylation is 1. The molecule has 0 saturated carbocycles. The van der Waals surface area contributed by atoms with Gasteiger partial charge in [-0.2, -0.15) is 0 Å². The summed E-state index contributed by atoms with van der Waals surface area (Å²) < 4.78 is 2.13. The molecule has 2 aromatic heterocycles. The molecule has 156 valence electrons. The van der Waals surface area contributed by atoms with Crippen molar-refractivity contribution in [1.29, 1.82) is 0 Å². The zero-order chi connectivity index (χ0) is 21.1. The summed E-state index contributed by atoms with van der Waals surface area (Å²) in [5, 5.41) is 3.08. The van der Waals surface area contributed by atoms with Gasteiger partial charge in [-0.15, -0.1) is 0 Å². The van der Waals surface area contributed by atoms with Gasteiger partial charge < -0.3 is 9.88 Å². The van der Waals surface area contributed by atoms with Crippen molar-refractivity contribution < 1.29 is 4.79 Å². The van der Waals surface area contributed by atoms with Crippen LogP contribution in [0.25, 0.3) is 0 Å².